The van der Waals surface area contributed by atoms with Crippen molar-refractivity contribution < 1.29 is 80.2 Å². The average molecular weight is 1090 g/mol. The first-order valence-corrected chi connectivity index (χ1v) is 31.5. The third kappa shape index (κ3) is 48.2. The molecule has 0 aliphatic carbocycles. The van der Waals surface area contributed by atoms with Gasteiger partial charge in [-0.15, -0.1) is 0 Å². The van der Waals surface area contributed by atoms with Crippen LogP contribution in [0.15, 0.2) is 0 Å². The van der Waals surface area contributed by atoms with Crippen molar-refractivity contribution in [1.82, 2.24) is 0 Å². The van der Waals surface area contributed by atoms with Crippen molar-refractivity contribution in [3.63, 3.8) is 0 Å². The first-order chi connectivity index (χ1) is 34.9. The highest BCUT2D eigenvalue weighted by atomic mass is 31.2. The third-order valence-corrected chi connectivity index (χ3v) is 14.5. The van der Waals surface area contributed by atoms with Crippen LogP contribution in [-0.2, 0) is 65.4 Å². The molecule has 0 bridgehead atoms. The molecule has 0 heterocycles. The number of hydrogen-bond donors (Lipinski definition) is 3. The van der Waals surface area contributed by atoms with E-state index in [-0.39, 0.29) is 25.7 Å². The van der Waals surface area contributed by atoms with E-state index in [0.29, 0.717) is 31.6 Å². The summed E-state index contributed by atoms with van der Waals surface area (Å²) in [4.78, 5) is 71.4. The predicted octanol–water partition coefficient (Wildman–Crippen LogP) is 13.7. The number of ether oxygens (including phenoxy) is 4. The molecular weight excluding hydrogens is 983 g/mol. The fourth-order valence-electron chi connectivity index (χ4n) is 7.73. The topological polar surface area (TPSA) is 237 Å². The maximum atomic E-state index is 12.9. The second-order valence-electron chi connectivity index (χ2n) is 20.3. The quantitative estimate of drug-likeness (QED) is 0.0222. The standard InChI is InChI=1S/C54H104O17P2/c1-7-10-12-14-15-18-26-32-38-53(58)70-49(42-64-51(56)36-30-22-13-11-8-2)44-68-72(60,61)66-40-48(55)41-67-73(62,63)69-45-50(71-54(59)39-33-27-19-16-17-23-28-34-46(4)5)43-65-52(57)37-31-25-21-20-24-29-35-47(6)9-3/h46-50,55H,7-45H2,1-6H3,(H,60,61)(H,62,63)/t47?,48-,49+,50+/m0/s1. The van der Waals surface area contributed by atoms with Crippen molar-refractivity contribution in [2.24, 2.45) is 11.8 Å². The Morgan fingerprint density at radius 1 is 0.397 bits per heavy atom. The predicted molar refractivity (Wildman–Crippen MR) is 285 cm³/mol. The molecule has 0 aromatic carbocycles. The van der Waals surface area contributed by atoms with Crippen LogP contribution in [0.1, 0.15) is 253 Å². The lowest BCUT2D eigenvalue weighted by Crippen LogP contribution is -2.30. The van der Waals surface area contributed by atoms with E-state index in [2.05, 4.69) is 41.5 Å². The lowest BCUT2D eigenvalue weighted by atomic mass is 10.00. The van der Waals surface area contributed by atoms with Crippen molar-refractivity contribution in [3.05, 3.63) is 0 Å². The fourth-order valence-corrected chi connectivity index (χ4v) is 9.31. The lowest BCUT2D eigenvalue weighted by molar-refractivity contribution is -0.161. The van der Waals surface area contributed by atoms with Crippen molar-refractivity contribution in [1.29, 1.82) is 0 Å². The zero-order valence-electron chi connectivity index (χ0n) is 46.4. The van der Waals surface area contributed by atoms with E-state index < -0.39 is 97.5 Å². The molecule has 0 fully saturated rings. The maximum absolute atomic E-state index is 12.9. The Hall–Kier alpha value is -1.94. The molecule has 3 N–H and O–H groups in total. The number of carbonyl (C=O) groups is 4. The molecule has 0 saturated carbocycles. The van der Waals surface area contributed by atoms with Gasteiger partial charge in [-0.3, -0.25) is 37.3 Å². The Balaban J connectivity index is 5.20. The number of aliphatic hydroxyl groups is 1. The van der Waals surface area contributed by atoms with Gasteiger partial charge in [-0.05, 0) is 37.5 Å². The largest absolute Gasteiger partial charge is 0.472 e. The first kappa shape index (κ1) is 71.1. The minimum Gasteiger partial charge on any atom is -0.462 e. The lowest BCUT2D eigenvalue weighted by Gasteiger charge is -2.21. The van der Waals surface area contributed by atoms with Crippen LogP contribution in [0.3, 0.4) is 0 Å². The number of rotatable bonds is 53. The number of phosphoric ester groups is 2. The average Bonchev–Trinajstić information content (AvgIpc) is 3.35. The molecule has 0 saturated heterocycles. The van der Waals surface area contributed by atoms with E-state index in [1.807, 2.05) is 0 Å². The van der Waals surface area contributed by atoms with Crippen molar-refractivity contribution in [3.8, 4) is 0 Å². The summed E-state index contributed by atoms with van der Waals surface area (Å²) in [6, 6.07) is 0. The third-order valence-electron chi connectivity index (χ3n) is 12.6. The van der Waals surface area contributed by atoms with Gasteiger partial charge in [-0.1, -0.05) is 202 Å². The van der Waals surface area contributed by atoms with E-state index in [4.69, 9.17) is 37.0 Å². The van der Waals surface area contributed by atoms with Gasteiger partial charge in [0.25, 0.3) is 0 Å². The summed E-state index contributed by atoms with van der Waals surface area (Å²) < 4.78 is 67.3. The molecule has 3 unspecified atom stereocenters. The highest BCUT2D eigenvalue weighted by Gasteiger charge is 2.30. The highest BCUT2D eigenvalue weighted by molar-refractivity contribution is 7.47. The Labute approximate surface area is 441 Å². The molecule has 0 aliphatic heterocycles. The van der Waals surface area contributed by atoms with Crippen LogP contribution in [-0.4, -0.2) is 96.7 Å². The summed E-state index contributed by atoms with van der Waals surface area (Å²) in [5.41, 5.74) is 0. The maximum Gasteiger partial charge on any atom is 0.472 e. The van der Waals surface area contributed by atoms with Gasteiger partial charge < -0.3 is 33.8 Å². The number of aliphatic hydroxyl groups excluding tert-OH is 1. The number of phosphoric acid groups is 2. The molecule has 0 aromatic heterocycles. The molecule has 0 aliphatic rings. The molecule has 0 amide bonds. The Kier molecular flexibility index (Phi) is 46.0. The zero-order chi connectivity index (χ0) is 54.4. The molecule has 0 spiro atoms. The molecule has 0 aromatic rings. The summed E-state index contributed by atoms with van der Waals surface area (Å²) in [6.07, 6.45) is 25.8. The molecule has 73 heavy (non-hydrogen) atoms. The Morgan fingerprint density at radius 3 is 1.04 bits per heavy atom. The van der Waals surface area contributed by atoms with E-state index in [0.717, 1.165) is 115 Å². The van der Waals surface area contributed by atoms with Crippen molar-refractivity contribution in [2.75, 3.05) is 39.6 Å². The van der Waals surface area contributed by atoms with Gasteiger partial charge in [-0.2, -0.15) is 0 Å². The smallest absolute Gasteiger partial charge is 0.462 e. The van der Waals surface area contributed by atoms with Crippen LogP contribution in [0.2, 0.25) is 0 Å². The molecule has 0 radical (unpaired) electrons. The van der Waals surface area contributed by atoms with Crippen LogP contribution >= 0.6 is 15.6 Å². The summed E-state index contributed by atoms with van der Waals surface area (Å²) in [5.74, 6) is -0.738. The van der Waals surface area contributed by atoms with Gasteiger partial charge in [0, 0.05) is 25.7 Å². The van der Waals surface area contributed by atoms with Crippen LogP contribution in [0, 0.1) is 11.8 Å². The number of hydrogen-bond acceptors (Lipinski definition) is 15. The molecule has 19 heteroatoms. The van der Waals surface area contributed by atoms with Crippen LogP contribution in [0.4, 0.5) is 0 Å². The second-order valence-corrected chi connectivity index (χ2v) is 23.2. The zero-order valence-corrected chi connectivity index (χ0v) is 48.2. The number of carbonyl (C=O) groups excluding carboxylic acids is 4. The van der Waals surface area contributed by atoms with Gasteiger partial charge in [-0.25, -0.2) is 9.13 Å². The van der Waals surface area contributed by atoms with E-state index >= 15 is 0 Å². The van der Waals surface area contributed by atoms with Gasteiger partial charge in [0.05, 0.1) is 26.4 Å². The van der Waals surface area contributed by atoms with Gasteiger partial charge in [0.1, 0.15) is 19.3 Å². The normalized spacial score (nSPS) is 15.0. The van der Waals surface area contributed by atoms with E-state index in [1.54, 1.807) is 0 Å². The van der Waals surface area contributed by atoms with Crippen LogP contribution < -0.4 is 0 Å². The monoisotopic (exact) mass is 1090 g/mol. The van der Waals surface area contributed by atoms with E-state index in [1.165, 1.54) is 51.4 Å². The second kappa shape index (κ2) is 47.3. The summed E-state index contributed by atoms with van der Waals surface area (Å²) in [5, 5.41) is 10.4. The molecule has 17 nitrogen and oxygen atoms in total. The summed E-state index contributed by atoms with van der Waals surface area (Å²) in [7, 11) is -9.85. The van der Waals surface area contributed by atoms with Crippen LogP contribution in [0.25, 0.3) is 0 Å². The fraction of sp³-hybridized carbons (Fsp3) is 0.926. The number of esters is 4. The molecular formula is C54H104O17P2. The number of unbranched alkanes of at least 4 members (excludes halogenated alkanes) is 22. The van der Waals surface area contributed by atoms with Gasteiger partial charge >= 0.3 is 39.5 Å². The first-order valence-electron chi connectivity index (χ1n) is 28.5. The molecule has 6 atom stereocenters. The molecule has 0 rings (SSSR count). The van der Waals surface area contributed by atoms with Crippen molar-refractivity contribution >= 4 is 39.5 Å². The SMILES string of the molecule is CCCCCCCCCCC(=O)O[C@H](COC(=O)CCCCCCC)COP(=O)(O)OC[C@H](O)COP(=O)(O)OC[C@@H](COC(=O)CCCCCCCCC(C)CC)OC(=O)CCCCCCCCCC(C)C. The Bertz CT molecular complexity index is 1470. The van der Waals surface area contributed by atoms with Crippen LogP contribution in [0.5, 0.6) is 0 Å². The minimum atomic E-state index is -4.93. The highest BCUT2D eigenvalue weighted by Crippen LogP contribution is 2.45. The van der Waals surface area contributed by atoms with E-state index in [9.17, 15) is 43.2 Å². The minimum absolute atomic E-state index is 0.102. The van der Waals surface area contributed by atoms with Gasteiger partial charge in [0.2, 0.25) is 0 Å². The van der Waals surface area contributed by atoms with Crippen molar-refractivity contribution in [2.45, 2.75) is 272 Å². The Morgan fingerprint density at radius 2 is 0.699 bits per heavy atom. The summed E-state index contributed by atoms with van der Waals surface area (Å²) in [6.45, 7) is 9.19. The molecule has 432 valence electrons. The summed E-state index contributed by atoms with van der Waals surface area (Å²) >= 11 is 0. The van der Waals surface area contributed by atoms with Gasteiger partial charge in [0.15, 0.2) is 12.2 Å².